The molecule has 1 aliphatic carbocycles. The van der Waals surface area contributed by atoms with Gasteiger partial charge < -0.3 is 0 Å². The summed E-state index contributed by atoms with van der Waals surface area (Å²) in [6, 6.07) is 31.5. The van der Waals surface area contributed by atoms with E-state index in [-0.39, 0.29) is 0 Å². The summed E-state index contributed by atoms with van der Waals surface area (Å²) >= 11 is 0. The summed E-state index contributed by atoms with van der Waals surface area (Å²) in [6.45, 7) is 0. The third kappa shape index (κ3) is 2.30. The molecule has 7 rings (SSSR count). The number of fused-ring (bicyclic) bond motifs is 12. The van der Waals surface area contributed by atoms with Gasteiger partial charge in [-0.3, -0.25) is 0 Å². The number of hydrogen-bond donors (Lipinski definition) is 0. The zero-order valence-electron chi connectivity index (χ0n) is 17.1. The van der Waals surface area contributed by atoms with Crippen molar-refractivity contribution in [2.75, 3.05) is 0 Å². The first-order valence-electron chi connectivity index (χ1n) is 10.9. The summed E-state index contributed by atoms with van der Waals surface area (Å²) in [5.74, 6) is 0. The van der Waals surface area contributed by atoms with Crippen molar-refractivity contribution in [3.8, 4) is 0 Å². The van der Waals surface area contributed by atoms with E-state index < -0.39 is 0 Å². The van der Waals surface area contributed by atoms with Crippen molar-refractivity contribution in [3.63, 3.8) is 0 Å². The van der Waals surface area contributed by atoms with Crippen LogP contribution in [0, 0.1) is 0 Å². The molecule has 31 heavy (non-hydrogen) atoms. The average Bonchev–Trinajstić information content (AvgIpc) is 3.08. The Bertz CT molecular complexity index is 1750. The van der Waals surface area contributed by atoms with Crippen molar-refractivity contribution in [2.45, 2.75) is 6.42 Å². The third-order valence-corrected chi connectivity index (χ3v) is 6.85. The smallest absolute Gasteiger partial charge is 0.00142 e. The molecule has 0 N–H and O–H groups in total. The lowest BCUT2D eigenvalue weighted by Gasteiger charge is -2.18. The van der Waals surface area contributed by atoms with Crippen LogP contribution in [-0.4, -0.2) is 0 Å². The fraction of sp³-hybridized carbons (Fsp3) is 0.0323. The molecule has 0 amide bonds. The maximum Gasteiger partial charge on any atom is -0.00142 e. The van der Waals surface area contributed by atoms with E-state index in [0.29, 0.717) is 0 Å². The molecule has 0 bridgehead atoms. The predicted octanol–water partition coefficient (Wildman–Crippen LogP) is 8.58. The van der Waals surface area contributed by atoms with Crippen molar-refractivity contribution in [1.29, 1.82) is 0 Å². The van der Waals surface area contributed by atoms with Crippen LogP contribution >= 0.6 is 0 Å². The Morgan fingerprint density at radius 1 is 0.452 bits per heavy atom. The molecule has 0 aliphatic heterocycles. The van der Waals surface area contributed by atoms with Crippen LogP contribution in [0.2, 0.25) is 0 Å². The van der Waals surface area contributed by atoms with E-state index in [4.69, 9.17) is 0 Å². The first-order valence-corrected chi connectivity index (χ1v) is 10.9. The molecule has 6 aromatic carbocycles. The van der Waals surface area contributed by atoms with E-state index in [1.165, 1.54) is 65.0 Å². The Hall–Kier alpha value is -3.90. The van der Waals surface area contributed by atoms with Gasteiger partial charge >= 0.3 is 0 Å². The molecular formula is C31H20. The van der Waals surface area contributed by atoms with Gasteiger partial charge in [0, 0.05) is 0 Å². The van der Waals surface area contributed by atoms with Gasteiger partial charge in [0.15, 0.2) is 0 Å². The molecule has 6 aromatic rings. The molecular weight excluding hydrogens is 372 g/mol. The average molecular weight is 393 g/mol. The fourth-order valence-electron chi connectivity index (χ4n) is 5.49. The summed E-state index contributed by atoms with van der Waals surface area (Å²) in [5, 5.41) is 13.4. The zero-order valence-corrected chi connectivity index (χ0v) is 17.1. The van der Waals surface area contributed by atoms with Crippen molar-refractivity contribution in [1.82, 2.24) is 0 Å². The Balaban J connectivity index is 1.88. The highest BCUT2D eigenvalue weighted by molar-refractivity contribution is 6.36. The quantitative estimate of drug-likeness (QED) is 0.227. The molecule has 0 unspecified atom stereocenters. The van der Waals surface area contributed by atoms with Crippen LogP contribution in [0.25, 0.3) is 59.9 Å². The third-order valence-electron chi connectivity index (χ3n) is 6.85. The van der Waals surface area contributed by atoms with Gasteiger partial charge in [0.05, 0.1) is 0 Å². The van der Waals surface area contributed by atoms with E-state index in [0.717, 1.165) is 6.42 Å². The van der Waals surface area contributed by atoms with Gasteiger partial charge in [-0.25, -0.2) is 0 Å². The van der Waals surface area contributed by atoms with Crippen molar-refractivity contribution < 1.29 is 0 Å². The topological polar surface area (TPSA) is 0 Å². The van der Waals surface area contributed by atoms with Gasteiger partial charge in [-0.2, -0.15) is 0 Å². The van der Waals surface area contributed by atoms with Gasteiger partial charge in [0.25, 0.3) is 0 Å². The lowest BCUT2D eigenvalue weighted by Crippen LogP contribution is -1.93. The Labute approximate surface area is 180 Å². The first kappa shape index (κ1) is 16.8. The van der Waals surface area contributed by atoms with Crippen molar-refractivity contribution in [2.24, 2.45) is 0 Å². The number of hydrogen-bond acceptors (Lipinski definition) is 0. The van der Waals surface area contributed by atoms with Gasteiger partial charge in [-0.15, -0.1) is 0 Å². The lowest BCUT2D eigenvalue weighted by atomic mass is 9.85. The van der Waals surface area contributed by atoms with E-state index in [2.05, 4.69) is 109 Å². The van der Waals surface area contributed by atoms with Crippen LogP contribution in [0.15, 0.2) is 103 Å². The highest BCUT2D eigenvalue weighted by atomic mass is 14.2. The molecule has 0 atom stereocenters. The van der Waals surface area contributed by atoms with Crippen LogP contribution < -0.4 is 0 Å². The number of allylic oxidation sites excluding steroid dienone is 3. The standard InChI is InChI=1S/C31H20/c1-2-8-21-16-19-28-29-23-12-6-4-9-20(23)14-17-26(29)27-18-15-22-10-5-7-13-24(22)30(27)31(28)25(21)11-3-1/h1-7,9-19H,8H2. The maximum atomic E-state index is 2.36. The molecule has 0 saturated carbocycles. The minimum atomic E-state index is 0.970. The molecule has 0 fully saturated rings. The molecule has 0 heteroatoms. The van der Waals surface area contributed by atoms with Crippen LogP contribution in [-0.2, 0) is 6.42 Å². The SMILES string of the molecule is C1=CCc2ccc3c(c2C=C1)c1c2ccccc2ccc1c1ccc2ccccc2c13. The zero-order chi connectivity index (χ0) is 20.4. The monoisotopic (exact) mass is 392 g/mol. The van der Waals surface area contributed by atoms with E-state index in [9.17, 15) is 0 Å². The molecule has 1 aliphatic rings. The first-order chi connectivity index (χ1) is 15.4. The highest BCUT2D eigenvalue weighted by Crippen LogP contribution is 2.44. The molecule has 0 radical (unpaired) electrons. The van der Waals surface area contributed by atoms with E-state index in [1.54, 1.807) is 0 Å². The van der Waals surface area contributed by atoms with Crippen LogP contribution in [0.5, 0.6) is 0 Å². The van der Waals surface area contributed by atoms with E-state index >= 15 is 0 Å². The summed E-state index contributed by atoms with van der Waals surface area (Å²) < 4.78 is 0. The van der Waals surface area contributed by atoms with Crippen LogP contribution in [0.3, 0.4) is 0 Å². The normalized spacial score (nSPS) is 13.4. The molecule has 144 valence electrons. The molecule has 0 nitrogen and oxygen atoms in total. The fourth-order valence-corrected chi connectivity index (χ4v) is 5.49. The second kappa shape index (κ2) is 6.30. The second-order valence-electron chi connectivity index (χ2n) is 8.47. The van der Waals surface area contributed by atoms with Crippen molar-refractivity contribution >= 4 is 59.9 Å². The minimum absolute atomic E-state index is 0.970. The van der Waals surface area contributed by atoms with Crippen LogP contribution in [0.1, 0.15) is 11.1 Å². The second-order valence-corrected chi connectivity index (χ2v) is 8.47. The van der Waals surface area contributed by atoms with Gasteiger partial charge in [0.1, 0.15) is 0 Å². The summed E-state index contributed by atoms with van der Waals surface area (Å²) in [7, 11) is 0. The largest absolute Gasteiger partial charge is 0.0801 e. The summed E-state index contributed by atoms with van der Waals surface area (Å²) in [4.78, 5) is 0. The summed E-state index contributed by atoms with van der Waals surface area (Å²) in [5.41, 5.74) is 2.75. The highest BCUT2D eigenvalue weighted by Gasteiger charge is 2.17. The van der Waals surface area contributed by atoms with Gasteiger partial charge in [0.2, 0.25) is 0 Å². The Morgan fingerprint density at radius 3 is 1.87 bits per heavy atom. The lowest BCUT2D eigenvalue weighted by molar-refractivity contribution is 1.28. The summed E-state index contributed by atoms with van der Waals surface area (Å²) in [6.07, 6.45) is 9.89. The predicted molar refractivity (Wildman–Crippen MR) is 136 cm³/mol. The van der Waals surface area contributed by atoms with Gasteiger partial charge in [-0.1, -0.05) is 109 Å². The van der Waals surface area contributed by atoms with Gasteiger partial charge in [-0.05, 0) is 71.4 Å². The molecule has 0 spiro atoms. The van der Waals surface area contributed by atoms with Crippen molar-refractivity contribution in [3.05, 3.63) is 114 Å². The Morgan fingerprint density at radius 2 is 1.10 bits per heavy atom. The van der Waals surface area contributed by atoms with E-state index in [1.807, 2.05) is 0 Å². The maximum absolute atomic E-state index is 2.36. The number of benzene rings is 6. The Kier molecular flexibility index (Phi) is 3.42. The molecule has 0 aromatic heterocycles. The molecule has 0 saturated heterocycles. The van der Waals surface area contributed by atoms with Crippen LogP contribution in [0.4, 0.5) is 0 Å². The molecule has 0 heterocycles. The number of rotatable bonds is 0. The minimum Gasteiger partial charge on any atom is -0.0801 e.